The van der Waals surface area contributed by atoms with Gasteiger partial charge in [-0.15, -0.1) is 0 Å². The zero-order valence-corrected chi connectivity index (χ0v) is 13.7. The third-order valence-electron chi connectivity index (χ3n) is 3.55. The highest BCUT2D eigenvalue weighted by atomic mass is 19.1. The molecule has 0 atom stereocenters. The van der Waals surface area contributed by atoms with E-state index < -0.39 is 5.82 Å². The number of hydrogen-bond acceptors (Lipinski definition) is 4. The van der Waals surface area contributed by atoms with Crippen LogP contribution in [0.4, 0.5) is 15.9 Å². The average molecular weight is 336 g/mol. The second-order valence-corrected chi connectivity index (χ2v) is 5.56. The molecule has 3 aromatic rings. The second kappa shape index (κ2) is 7.53. The number of nitrogens with zero attached hydrogens (tertiary/aromatic N) is 2. The van der Waals surface area contributed by atoms with Crippen LogP contribution in [0.15, 0.2) is 60.9 Å². The first-order chi connectivity index (χ1) is 12.1. The van der Waals surface area contributed by atoms with E-state index in [-0.39, 0.29) is 11.5 Å². The van der Waals surface area contributed by atoms with Gasteiger partial charge in [0.25, 0.3) is 5.91 Å². The van der Waals surface area contributed by atoms with Gasteiger partial charge in [-0.25, -0.2) is 14.4 Å². The molecule has 1 heterocycles. The quantitative estimate of drug-likeness (QED) is 0.744. The molecule has 0 radical (unpaired) electrons. The first kappa shape index (κ1) is 16.6. The molecule has 0 spiro atoms. The molecule has 5 nitrogen and oxygen atoms in total. The Labute approximate surface area is 145 Å². The molecule has 0 saturated carbocycles. The van der Waals surface area contributed by atoms with Crippen molar-refractivity contribution in [2.75, 3.05) is 10.6 Å². The van der Waals surface area contributed by atoms with E-state index in [0.29, 0.717) is 12.2 Å². The molecule has 25 heavy (non-hydrogen) atoms. The fourth-order valence-electron chi connectivity index (χ4n) is 2.34. The van der Waals surface area contributed by atoms with Gasteiger partial charge in [0.05, 0.1) is 0 Å². The Kier molecular flexibility index (Phi) is 4.99. The van der Waals surface area contributed by atoms with Crippen molar-refractivity contribution in [1.82, 2.24) is 9.97 Å². The summed E-state index contributed by atoms with van der Waals surface area (Å²) in [4.78, 5) is 20.4. The number of halogens is 1. The smallest absolute Gasteiger partial charge is 0.255 e. The maximum absolute atomic E-state index is 13.2. The van der Waals surface area contributed by atoms with Gasteiger partial charge in [0.1, 0.15) is 18.0 Å². The minimum atomic E-state index is -0.439. The first-order valence-electron chi connectivity index (χ1n) is 7.78. The molecular weight excluding hydrogens is 319 g/mol. The summed E-state index contributed by atoms with van der Waals surface area (Å²) >= 11 is 0. The Morgan fingerprint density at radius 2 is 1.92 bits per heavy atom. The monoisotopic (exact) mass is 336 g/mol. The number of aromatic nitrogens is 2. The third-order valence-corrected chi connectivity index (χ3v) is 3.55. The summed E-state index contributed by atoms with van der Waals surface area (Å²) in [6.45, 7) is 2.45. The van der Waals surface area contributed by atoms with Crippen LogP contribution in [0.1, 0.15) is 21.6 Å². The summed E-state index contributed by atoms with van der Waals surface area (Å²) in [5.41, 5.74) is 2.79. The molecule has 0 aliphatic heterocycles. The van der Waals surface area contributed by atoms with Crippen LogP contribution in [-0.2, 0) is 6.54 Å². The Hall–Kier alpha value is -3.28. The number of aryl methyl sites for hydroxylation is 1. The van der Waals surface area contributed by atoms with Gasteiger partial charge in [0.15, 0.2) is 0 Å². The lowest BCUT2D eigenvalue weighted by molar-refractivity contribution is 0.102. The van der Waals surface area contributed by atoms with Crippen LogP contribution in [0.5, 0.6) is 0 Å². The maximum atomic E-state index is 13.2. The number of hydrogen-bond donors (Lipinski definition) is 2. The largest absolute Gasteiger partial charge is 0.366 e. The topological polar surface area (TPSA) is 66.9 Å². The summed E-state index contributed by atoms with van der Waals surface area (Å²) in [7, 11) is 0. The van der Waals surface area contributed by atoms with Crippen LogP contribution < -0.4 is 10.6 Å². The van der Waals surface area contributed by atoms with E-state index in [9.17, 15) is 9.18 Å². The van der Waals surface area contributed by atoms with E-state index in [1.165, 1.54) is 24.5 Å². The highest BCUT2D eigenvalue weighted by Crippen LogP contribution is 2.14. The number of nitrogens with one attached hydrogen (secondary N) is 2. The van der Waals surface area contributed by atoms with Crippen LogP contribution in [0.3, 0.4) is 0 Å². The van der Waals surface area contributed by atoms with Gasteiger partial charge in [0, 0.05) is 29.6 Å². The van der Waals surface area contributed by atoms with Crippen LogP contribution >= 0.6 is 0 Å². The number of amides is 1. The Balaban J connectivity index is 1.66. The van der Waals surface area contributed by atoms with E-state index >= 15 is 0 Å². The van der Waals surface area contributed by atoms with Crippen molar-refractivity contribution in [2.24, 2.45) is 0 Å². The number of anilines is 2. The number of benzene rings is 2. The lowest BCUT2D eigenvalue weighted by atomic mass is 10.1. The summed E-state index contributed by atoms with van der Waals surface area (Å²) in [6.07, 6.45) is 1.51. The maximum Gasteiger partial charge on any atom is 0.255 e. The minimum Gasteiger partial charge on any atom is -0.366 e. The van der Waals surface area contributed by atoms with E-state index in [1.54, 1.807) is 12.1 Å². The van der Waals surface area contributed by atoms with Crippen LogP contribution in [-0.4, -0.2) is 15.9 Å². The molecule has 1 aromatic heterocycles. The Morgan fingerprint density at radius 3 is 2.72 bits per heavy atom. The highest BCUT2D eigenvalue weighted by Gasteiger charge is 2.07. The van der Waals surface area contributed by atoms with Crippen molar-refractivity contribution in [3.8, 4) is 0 Å². The first-order valence-corrected chi connectivity index (χ1v) is 7.78. The van der Waals surface area contributed by atoms with Crippen molar-refractivity contribution in [3.63, 3.8) is 0 Å². The molecule has 0 unspecified atom stereocenters. The van der Waals surface area contributed by atoms with Gasteiger partial charge >= 0.3 is 0 Å². The van der Waals surface area contributed by atoms with Gasteiger partial charge in [-0.3, -0.25) is 4.79 Å². The van der Waals surface area contributed by atoms with Crippen molar-refractivity contribution >= 4 is 17.4 Å². The van der Waals surface area contributed by atoms with Crippen molar-refractivity contribution in [3.05, 3.63) is 83.6 Å². The number of carbonyl (C=O) groups is 1. The minimum absolute atomic E-state index is 0.278. The zero-order valence-electron chi connectivity index (χ0n) is 13.7. The van der Waals surface area contributed by atoms with Crippen molar-refractivity contribution in [1.29, 1.82) is 0 Å². The van der Waals surface area contributed by atoms with Crippen LogP contribution in [0, 0.1) is 12.7 Å². The van der Waals surface area contributed by atoms with E-state index in [0.717, 1.165) is 17.1 Å². The second-order valence-electron chi connectivity index (χ2n) is 5.56. The van der Waals surface area contributed by atoms with Crippen LogP contribution in [0.25, 0.3) is 0 Å². The predicted molar refractivity (Wildman–Crippen MR) is 94.9 cm³/mol. The lowest BCUT2D eigenvalue weighted by Gasteiger charge is -2.09. The fourth-order valence-corrected chi connectivity index (χ4v) is 2.34. The van der Waals surface area contributed by atoms with Gasteiger partial charge < -0.3 is 10.6 Å². The van der Waals surface area contributed by atoms with E-state index in [2.05, 4.69) is 20.6 Å². The third kappa shape index (κ3) is 4.60. The Bertz CT molecular complexity index is 898. The van der Waals surface area contributed by atoms with E-state index in [1.807, 2.05) is 31.2 Å². The van der Waals surface area contributed by atoms with E-state index in [4.69, 9.17) is 0 Å². The number of rotatable bonds is 5. The molecule has 126 valence electrons. The van der Waals surface area contributed by atoms with Gasteiger partial charge in [-0.1, -0.05) is 18.2 Å². The Morgan fingerprint density at radius 1 is 1.08 bits per heavy atom. The summed E-state index contributed by atoms with van der Waals surface area (Å²) in [5, 5.41) is 5.98. The van der Waals surface area contributed by atoms with Crippen molar-refractivity contribution < 1.29 is 9.18 Å². The van der Waals surface area contributed by atoms with Crippen molar-refractivity contribution in [2.45, 2.75) is 13.5 Å². The molecule has 0 aliphatic rings. The standard InChI is InChI=1S/C19H17FN4O/c1-13-8-18(23-12-22-13)21-11-14-4-2-7-17(9-14)24-19(25)15-5-3-6-16(20)10-15/h2-10,12H,11H2,1H3,(H,24,25)(H,21,22,23). The van der Waals surface area contributed by atoms with Gasteiger partial charge in [0.2, 0.25) is 0 Å². The molecule has 0 aliphatic carbocycles. The van der Waals surface area contributed by atoms with Gasteiger partial charge in [-0.05, 0) is 42.8 Å². The van der Waals surface area contributed by atoms with Crippen LogP contribution in [0.2, 0.25) is 0 Å². The molecular formula is C19H17FN4O. The molecule has 0 saturated heterocycles. The molecule has 0 fully saturated rings. The SMILES string of the molecule is Cc1cc(NCc2cccc(NC(=O)c3cccc(F)c3)c2)ncn1. The molecule has 6 heteroatoms. The molecule has 1 amide bonds. The summed E-state index contributed by atoms with van der Waals surface area (Å²) < 4.78 is 13.2. The summed E-state index contributed by atoms with van der Waals surface area (Å²) in [6, 6.07) is 14.9. The fraction of sp³-hybridized carbons (Fsp3) is 0.105. The zero-order chi connectivity index (χ0) is 17.6. The summed E-state index contributed by atoms with van der Waals surface area (Å²) in [5.74, 6) is -0.0523. The predicted octanol–water partition coefficient (Wildman–Crippen LogP) is 3.79. The molecule has 0 bridgehead atoms. The highest BCUT2D eigenvalue weighted by molar-refractivity contribution is 6.04. The molecule has 2 N–H and O–H groups in total. The average Bonchev–Trinajstić information content (AvgIpc) is 2.60. The number of carbonyl (C=O) groups excluding carboxylic acids is 1. The van der Waals surface area contributed by atoms with Gasteiger partial charge in [-0.2, -0.15) is 0 Å². The lowest BCUT2D eigenvalue weighted by Crippen LogP contribution is -2.12. The molecule has 3 rings (SSSR count). The normalized spacial score (nSPS) is 10.3. The molecule has 2 aromatic carbocycles.